The SMILES string of the molecule is O=C(NCc1ccccc1O)c1ccc(Cl)nc1Cl. The van der Waals surface area contributed by atoms with E-state index in [-0.39, 0.29) is 34.1 Å². The van der Waals surface area contributed by atoms with E-state index in [1.165, 1.54) is 12.1 Å². The van der Waals surface area contributed by atoms with Gasteiger partial charge in [0.25, 0.3) is 5.91 Å². The summed E-state index contributed by atoms with van der Waals surface area (Å²) in [6, 6.07) is 9.74. The molecule has 0 spiro atoms. The van der Waals surface area contributed by atoms with E-state index < -0.39 is 0 Å². The Balaban J connectivity index is 2.08. The molecule has 0 aliphatic rings. The van der Waals surface area contributed by atoms with Crippen molar-refractivity contribution >= 4 is 29.1 Å². The molecule has 4 nitrogen and oxygen atoms in total. The molecule has 0 saturated heterocycles. The van der Waals surface area contributed by atoms with Crippen molar-refractivity contribution in [2.24, 2.45) is 0 Å². The molecule has 0 unspecified atom stereocenters. The quantitative estimate of drug-likeness (QED) is 0.856. The lowest BCUT2D eigenvalue weighted by Gasteiger charge is -2.07. The fourth-order valence-corrected chi connectivity index (χ4v) is 1.94. The second kappa shape index (κ2) is 5.91. The maximum Gasteiger partial charge on any atom is 0.254 e. The molecule has 0 radical (unpaired) electrons. The molecular formula is C13H10Cl2N2O2. The first-order valence-electron chi connectivity index (χ1n) is 5.45. The Hall–Kier alpha value is -1.78. The number of nitrogens with zero attached hydrogens (tertiary/aromatic N) is 1. The molecule has 98 valence electrons. The minimum Gasteiger partial charge on any atom is -0.508 e. The minimum absolute atomic E-state index is 0.0438. The summed E-state index contributed by atoms with van der Waals surface area (Å²) in [5, 5.41) is 12.5. The fourth-order valence-electron chi connectivity index (χ4n) is 1.51. The Bertz CT molecular complexity index is 617. The standard InChI is InChI=1S/C13H10Cl2N2O2/c14-11-6-5-9(12(15)17-11)13(19)16-7-8-3-1-2-4-10(8)18/h1-6,18H,7H2,(H,16,19). The van der Waals surface area contributed by atoms with Crippen LogP contribution in [-0.2, 0) is 6.54 Å². The second-order valence-corrected chi connectivity index (χ2v) is 4.53. The van der Waals surface area contributed by atoms with Crippen LogP contribution in [0.15, 0.2) is 36.4 Å². The molecule has 1 amide bonds. The van der Waals surface area contributed by atoms with Gasteiger partial charge in [0.05, 0.1) is 5.56 Å². The van der Waals surface area contributed by atoms with Gasteiger partial charge in [0, 0.05) is 12.1 Å². The van der Waals surface area contributed by atoms with Crippen LogP contribution in [0.5, 0.6) is 5.75 Å². The topological polar surface area (TPSA) is 62.2 Å². The van der Waals surface area contributed by atoms with Crippen molar-refractivity contribution in [3.63, 3.8) is 0 Å². The first-order chi connectivity index (χ1) is 9.08. The lowest BCUT2D eigenvalue weighted by Crippen LogP contribution is -2.23. The van der Waals surface area contributed by atoms with Crippen LogP contribution < -0.4 is 5.32 Å². The monoisotopic (exact) mass is 296 g/mol. The second-order valence-electron chi connectivity index (χ2n) is 3.78. The lowest BCUT2D eigenvalue weighted by atomic mass is 10.2. The van der Waals surface area contributed by atoms with E-state index in [0.29, 0.717) is 5.56 Å². The van der Waals surface area contributed by atoms with Gasteiger partial charge in [0.15, 0.2) is 0 Å². The summed E-state index contributed by atoms with van der Waals surface area (Å²) in [6.45, 7) is 0.199. The molecule has 2 aromatic rings. The number of halogens is 2. The lowest BCUT2D eigenvalue weighted by molar-refractivity contribution is 0.0950. The summed E-state index contributed by atoms with van der Waals surface area (Å²) in [5.74, 6) is -0.249. The number of pyridine rings is 1. The van der Waals surface area contributed by atoms with E-state index in [0.717, 1.165) is 0 Å². The number of phenols is 1. The normalized spacial score (nSPS) is 10.2. The van der Waals surface area contributed by atoms with E-state index in [9.17, 15) is 9.90 Å². The van der Waals surface area contributed by atoms with Crippen molar-refractivity contribution in [3.05, 3.63) is 57.8 Å². The number of nitrogens with one attached hydrogen (secondary N) is 1. The molecule has 1 aromatic carbocycles. The average Bonchev–Trinajstić information content (AvgIpc) is 2.37. The summed E-state index contributed by atoms with van der Waals surface area (Å²) < 4.78 is 0. The predicted octanol–water partition coefficient (Wildman–Crippen LogP) is 3.02. The number of para-hydroxylation sites is 1. The summed E-state index contributed by atoms with van der Waals surface area (Å²) >= 11 is 11.5. The first kappa shape index (κ1) is 13.6. The zero-order valence-corrected chi connectivity index (χ0v) is 11.2. The highest BCUT2D eigenvalue weighted by Crippen LogP contribution is 2.18. The van der Waals surface area contributed by atoms with Gasteiger partial charge in [-0.3, -0.25) is 4.79 Å². The van der Waals surface area contributed by atoms with Crippen LogP contribution in [0.2, 0.25) is 10.3 Å². The number of aromatic hydroxyl groups is 1. The Morgan fingerprint density at radius 2 is 1.95 bits per heavy atom. The molecule has 2 N–H and O–H groups in total. The number of carbonyl (C=O) groups excluding carboxylic acids is 1. The maximum absolute atomic E-state index is 11.9. The third-order valence-corrected chi connectivity index (χ3v) is 2.99. The summed E-state index contributed by atoms with van der Waals surface area (Å²) in [5.41, 5.74) is 0.857. The van der Waals surface area contributed by atoms with Gasteiger partial charge in [-0.25, -0.2) is 4.98 Å². The molecule has 0 aliphatic heterocycles. The van der Waals surface area contributed by atoms with Gasteiger partial charge >= 0.3 is 0 Å². The molecule has 0 saturated carbocycles. The van der Waals surface area contributed by atoms with Crippen molar-refractivity contribution in [3.8, 4) is 5.75 Å². The van der Waals surface area contributed by atoms with Gasteiger partial charge in [-0.15, -0.1) is 0 Å². The van der Waals surface area contributed by atoms with Gasteiger partial charge in [0.1, 0.15) is 16.1 Å². The number of amides is 1. The van der Waals surface area contributed by atoms with Crippen molar-refractivity contribution in [2.75, 3.05) is 0 Å². The zero-order chi connectivity index (χ0) is 13.8. The van der Waals surface area contributed by atoms with Crippen molar-refractivity contribution in [1.29, 1.82) is 0 Å². The molecule has 1 aromatic heterocycles. The highest BCUT2D eigenvalue weighted by molar-refractivity contribution is 6.34. The minimum atomic E-state index is -0.377. The Morgan fingerprint density at radius 1 is 1.21 bits per heavy atom. The maximum atomic E-state index is 11.9. The van der Waals surface area contributed by atoms with E-state index in [1.54, 1.807) is 24.3 Å². The Labute approximate surface area is 120 Å². The van der Waals surface area contributed by atoms with Crippen LogP contribution in [-0.4, -0.2) is 16.0 Å². The smallest absolute Gasteiger partial charge is 0.254 e. The number of hydrogen-bond acceptors (Lipinski definition) is 3. The highest BCUT2D eigenvalue weighted by Gasteiger charge is 2.12. The number of hydrogen-bond donors (Lipinski definition) is 2. The molecule has 0 fully saturated rings. The predicted molar refractivity (Wildman–Crippen MR) is 73.5 cm³/mol. The Kier molecular flexibility index (Phi) is 4.24. The number of aromatic nitrogens is 1. The Morgan fingerprint density at radius 3 is 2.63 bits per heavy atom. The van der Waals surface area contributed by atoms with Gasteiger partial charge in [-0.05, 0) is 18.2 Å². The molecule has 2 rings (SSSR count). The van der Waals surface area contributed by atoms with Crippen LogP contribution in [0.4, 0.5) is 0 Å². The van der Waals surface area contributed by atoms with E-state index in [2.05, 4.69) is 10.3 Å². The highest BCUT2D eigenvalue weighted by atomic mass is 35.5. The molecule has 19 heavy (non-hydrogen) atoms. The molecule has 1 heterocycles. The largest absolute Gasteiger partial charge is 0.508 e. The van der Waals surface area contributed by atoms with Gasteiger partial charge in [-0.1, -0.05) is 41.4 Å². The van der Waals surface area contributed by atoms with Crippen LogP contribution in [0.3, 0.4) is 0 Å². The van der Waals surface area contributed by atoms with Crippen molar-refractivity contribution in [2.45, 2.75) is 6.54 Å². The van der Waals surface area contributed by atoms with Crippen LogP contribution in [0, 0.1) is 0 Å². The van der Waals surface area contributed by atoms with Crippen LogP contribution in [0.25, 0.3) is 0 Å². The molecule has 0 bridgehead atoms. The number of rotatable bonds is 3. The fraction of sp³-hybridized carbons (Fsp3) is 0.0769. The number of phenolic OH excluding ortho intramolecular Hbond substituents is 1. The zero-order valence-electron chi connectivity index (χ0n) is 9.73. The third-order valence-electron chi connectivity index (χ3n) is 2.49. The van der Waals surface area contributed by atoms with E-state index >= 15 is 0 Å². The van der Waals surface area contributed by atoms with Crippen molar-refractivity contribution < 1.29 is 9.90 Å². The van der Waals surface area contributed by atoms with Crippen LogP contribution in [0.1, 0.15) is 15.9 Å². The summed E-state index contributed by atoms with van der Waals surface area (Å²) in [4.78, 5) is 15.7. The average molecular weight is 297 g/mol. The van der Waals surface area contributed by atoms with Gasteiger partial charge < -0.3 is 10.4 Å². The van der Waals surface area contributed by atoms with Crippen molar-refractivity contribution in [1.82, 2.24) is 10.3 Å². The molecule has 6 heteroatoms. The van der Waals surface area contributed by atoms with E-state index in [1.807, 2.05) is 0 Å². The summed E-state index contributed by atoms with van der Waals surface area (Å²) in [7, 11) is 0. The number of benzene rings is 1. The number of carbonyl (C=O) groups is 1. The molecular weight excluding hydrogens is 287 g/mol. The van der Waals surface area contributed by atoms with Gasteiger partial charge in [0.2, 0.25) is 0 Å². The van der Waals surface area contributed by atoms with E-state index in [4.69, 9.17) is 23.2 Å². The molecule has 0 aliphatic carbocycles. The van der Waals surface area contributed by atoms with Gasteiger partial charge in [-0.2, -0.15) is 0 Å². The van der Waals surface area contributed by atoms with Crippen LogP contribution >= 0.6 is 23.2 Å². The summed E-state index contributed by atoms with van der Waals surface area (Å²) in [6.07, 6.45) is 0. The third kappa shape index (κ3) is 3.36. The molecule has 0 atom stereocenters. The first-order valence-corrected chi connectivity index (χ1v) is 6.20.